The van der Waals surface area contributed by atoms with Gasteiger partial charge in [-0.15, -0.1) is 0 Å². The van der Waals surface area contributed by atoms with E-state index in [4.69, 9.17) is 11.2 Å². The molecular formula is C30H50ClPSi2. The average Bonchev–Trinajstić information content (AvgIpc) is 2.73. The molecule has 2 aromatic rings. The lowest BCUT2D eigenvalue weighted by atomic mass is 10.3. The van der Waals surface area contributed by atoms with Crippen LogP contribution in [0.1, 0.15) is 83.1 Å². The molecule has 0 aromatic heterocycles. The molecule has 0 saturated carbocycles. The van der Waals surface area contributed by atoms with Crippen LogP contribution in [0.2, 0.25) is 33.2 Å². The van der Waals surface area contributed by atoms with Crippen molar-refractivity contribution in [3.05, 3.63) is 48.5 Å². The van der Waals surface area contributed by atoms with Gasteiger partial charge < -0.3 is 0 Å². The van der Waals surface area contributed by atoms with Gasteiger partial charge in [-0.2, -0.15) is 0 Å². The van der Waals surface area contributed by atoms with Crippen LogP contribution in [0.3, 0.4) is 0 Å². The zero-order valence-electron chi connectivity index (χ0n) is 23.9. The third-order valence-corrected chi connectivity index (χ3v) is 25.7. The molecule has 0 unspecified atom stereocenters. The van der Waals surface area contributed by atoms with E-state index in [0.29, 0.717) is 0 Å². The molecule has 0 N–H and O–H groups in total. The molecule has 0 nitrogen and oxygen atoms in total. The van der Waals surface area contributed by atoms with Crippen LogP contribution in [0.15, 0.2) is 48.5 Å². The Kier molecular flexibility index (Phi) is 10.3. The molecule has 0 spiro atoms. The molecule has 0 aliphatic heterocycles. The second-order valence-corrected chi connectivity index (χ2v) is 26.6. The fourth-order valence-electron chi connectivity index (χ4n) is 7.91. The molecule has 0 aliphatic rings. The summed E-state index contributed by atoms with van der Waals surface area (Å²) in [5.41, 5.74) is 4.31. The standard InChI is InChI=1S/C30H50ClPSi2/c1-21(2)33(22(3)4,23(5)6)29-17-13-27(14-18-29)32(31)28-15-19-30(20-16-28)34(24(7)8,25(9)10)26(11)12/h13-26H,1-12H3. The van der Waals surface area contributed by atoms with Gasteiger partial charge in [-0.1, -0.05) is 153 Å². The Balaban J connectivity index is 2.42. The van der Waals surface area contributed by atoms with Crippen molar-refractivity contribution in [2.75, 3.05) is 0 Å². The molecule has 2 aromatic carbocycles. The first kappa shape index (κ1) is 29.8. The second kappa shape index (κ2) is 11.8. The van der Waals surface area contributed by atoms with Gasteiger partial charge in [0.2, 0.25) is 0 Å². The highest BCUT2D eigenvalue weighted by atomic mass is 35.7. The summed E-state index contributed by atoms with van der Waals surface area (Å²) in [6.45, 7) is 29.2. The molecule has 34 heavy (non-hydrogen) atoms. The molecule has 0 saturated heterocycles. The van der Waals surface area contributed by atoms with Crippen LogP contribution >= 0.6 is 18.5 Å². The normalized spacial score (nSPS) is 13.5. The first-order chi connectivity index (χ1) is 15.7. The Bertz CT molecular complexity index is 779. The van der Waals surface area contributed by atoms with Gasteiger partial charge in [0.05, 0.1) is 23.4 Å². The number of benzene rings is 2. The molecule has 0 heterocycles. The topological polar surface area (TPSA) is 0 Å². The molecule has 4 heteroatoms. The Morgan fingerprint density at radius 1 is 0.441 bits per heavy atom. The van der Waals surface area contributed by atoms with E-state index in [1.807, 2.05) is 0 Å². The summed E-state index contributed by atoms with van der Waals surface area (Å²) in [5.74, 6) is 0. The van der Waals surface area contributed by atoms with Crippen LogP contribution in [0.5, 0.6) is 0 Å². The summed E-state index contributed by atoms with van der Waals surface area (Å²) >= 11 is 7.13. The third kappa shape index (κ3) is 5.17. The van der Waals surface area contributed by atoms with E-state index in [1.165, 1.54) is 10.6 Å². The minimum absolute atomic E-state index is 0.718. The highest BCUT2D eigenvalue weighted by Crippen LogP contribution is 2.43. The quantitative estimate of drug-likeness (QED) is 0.211. The van der Waals surface area contributed by atoms with Crippen molar-refractivity contribution in [2.24, 2.45) is 0 Å². The number of rotatable bonds is 10. The van der Waals surface area contributed by atoms with Crippen molar-refractivity contribution in [3.8, 4) is 0 Å². The number of halogens is 1. The monoisotopic (exact) mass is 532 g/mol. The van der Waals surface area contributed by atoms with E-state index >= 15 is 0 Å². The second-order valence-electron chi connectivity index (χ2n) is 12.2. The molecule has 190 valence electrons. The van der Waals surface area contributed by atoms with E-state index in [0.717, 1.165) is 33.2 Å². The van der Waals surface area contributed by atoms with Crippen molar-refractivity contribution in [1.29, 1.82) is 0 Å². The number of hydrogen-bond donors (Lipinski definition) is 0. The highest BCUT2D eigenvalue weighted by Gasteiger charge is 2.45. The Labute approximate surface area is 219 Å². The summed E-state index contributed by atoms with van der Waals surface area (Å²) in [7, 11) is -4.12. The lowest BCUT2D eigenvalue weighted by Crippen LogP contribution is -2.55. The minimum Gasteiger partial charge on any atom is -0.0859 e. The van der Waals surface area contributed by atoms with E-state index in [9.17, 15) is 0 Å². The molecule has 0 bridgehead atoms. The van der Waals surface area contributed by atoms with Crippen molar-refractivity contribution in [2.45, 2.75) is 116 Å². The van der Waals surface area contributed by atoms with Crippen molar-refractivity contribution >= 4 is 55.6 Å². The minimum atomic E-state index is -1.63. The molecule has 0 radical (unpaired) electrons. The van der Waals surface area contributed by atoms with Gasteiger partial charge in [0.1, 0.15) is 0 Å². The van der Waals surface area contributed by atoms with Crippen molar-refractivity contribution < 1.29 is 0 Å². The Morgan fingerprint density at radius 3 is 0.824 bits per heavy atom. The van der Waals surface area contributed by atoms with Crippen molar-refractivity contribution in [1.82, 2.24) is 0 Å². The fourth-order valence-corrected chi connectivity index (χ4v) is 23.2. The maximum atomic E-state index is 7.13. The average molecular weight is 533 g/mol. The maximum Gasteiger partial charge on any atom is 0.0942 e. The lowest BCUT2D eigenvalue weighted by Gasteiger charge is -2.44. The van der Waals surface area contributed by atoms with E-state index in [2.05, 4.69) is 132 Å². The van der Waals surface area contributed by atoms with E-state index in [1.54, 1.807) is 10.4 Å². The van der Waals surface area contributed by atoms with E-state index in [-0.39, 0.29) is 0 Å². The first-order valence-electron chi connectivity index (χ1n) is 13.4. The van der Waals surface area contributed by atoms with Crippen LogP contribution in [-0.4, -0.2) is 16.1 Å². The van der Waals surface area contributed by atoms with Crippen LogP contribution in [0, 0.1) is 0 Å². The Hall–Kier alpha value is -0.406. The predicted molar refractivity (Wildman–Crippen MR) is 166 cm³/mol. The molecular weight excluding hydrogens is 483 g/mol. The SMILES string of the molecule is CC(C)[Si](c1ccc(P(Cl)c2ccc([Si](C(C)C)(C(C)C)C(C)C)cc2)cc1)(C(C)C)C(C)C. The highest BCUT2D eigenvalue weighted by molar-refractivity contribution is 7.95. The summed E-state index contributed by atoms with van der Waals surface area (Å²) in [5, 5.41) is 5.72. The largest absolute Gasteiger partial charge is 0.0942 e. The van der Waals surface area contributed by atoms with Crippen LogP contribution in [0.4, 0.5) is 0 Å². The van der Waals surface area contributed by atoms with Crippen LogP contribution in [-0.2, 0) is 0 Å². The van der Waals surface area contributed by atoms with Gasteiger partial charge in [-0.25, -0.2) is 0 Å². The summed E-state index contributed by atoms with van der Waals surface area (Å²) < 4.78 is 0. The molecule has 0 aliphatic carbocycles. The fraction of sp³-hybridized carbons (Fsp3) is 0.600. The molecule has 0 atom stereocenters. The summed E-state index contributed by atoms with van der Waals surface area (Å²) in [6.07, 6.45) is 0. The van der Waals surface area contributed by atoms with Crippen LogP contribution < -0.4 is 21.0 Å². The van der Waals surface area contributed by atoms with Gasteiger partial charge in [0, 0.05) is 0 Å². The van der Waals surface area contributed by atoms with Gasteiger partial charge >= 0.3 is 0 Å². The van der Waals surface area contributed by atoms with Crippen LogP contribution in [0.25, 0.3) is 0 Å². The van der Waals surface area contributed by atoms with E-state index < -0.39 is 23.4 Å². The van der Waals surface area contributed by atoms with Gasteiger partial charge in [0.15, 0.2) is 0 Å². The molecule has 0 fully saturated rings. The third-order valence-electron chi connectivity index (χ3n) is 8.92. The molecule has 0 amide bonds. The van der Waals surface area contributed by atoms with Gasteiger partial charge in [0.25, 0.3) is 0 Å². The maximum absolute atomic E-state index is 7.13. The predicted octanol–water partition coefficient (Wildman–Crippen LogP) is 9.04. The number of hydrogen-bond acceptors (Lipinski definition) is 0. The summed E-state index contributed by atoms with van der Waals surface area (Å²) in [4.78, 5) is 0. The van der Waals surface area contributed by atoms with Crippen molar-refractivity contribution in [3.63, 3.8) is 0 Å². The van der Waals surface area contributed by atoms with Gasteiger partial charge in [-0.05, 0) is 43.9 Å². The first-order valence-corrected chi connectivity index (χ1v) is 20.1. The summed E-state index contributed by atoms with van der Waals surface area (Å²) in [6, 6.07) is 19.0. The lowest BCUT2D eigenvalue weighted by molar-refractivity contribution is 0.835. The zero-order valence-corrected chi connectivity index (χ0v) is 27.6. The smallest absolute Gasteiger partial charge is 0.0859 e. The van der Waals surface area contributed by atoms with Gasteiger partial charge in [-0.3, -0.25) is 0 Å². The Morgan fingerprint density at radius 2 is 0.647 bits per heavy atom. The zero-order chi connectivity index (χ0) is 26.0. The molecule has 2 rings (SSSR count).